The predicted molar refractivity (Wildman–Crippen MR) is 96.1 cm³/mol. The van der Waals surface area contributed by atoms with Crippen LogP contribution in [0.1, 0.15) is 11.1 Å². The molecule has 1 fully saturated rings. The minimum atomic E-state index is -0.502. The molecule has 126 valence electrons. The van der Waals surface area contributed by atoms with E-state index in [1.807, 2.05) is 0 Å². The van der Waals surface area contributed by atoms with Crippen LogP contribution in [0, 0.1) is 10.1 Å². The van der Waals surface area contributed by atoms with Crippen LogP contribution in [-0.2, 0) is 11.3 Å². The summed E-state index contributed by atoms with van der Waals surface area (Å²) in [4.78, 5) is 36.2. The van der Waals surface area contributed by atoms with E-state index < -0.39 is 10.8 Å². The van der Waals surface area contributed by atoms with Crippen molar-refractivity contribution in [2.24, 2.45) is 0 Å². The Kier molecular flexibility index (Phi) is 4.87. The summed E-state index contributed by atoms with van der Waals surface area (Å²) < 4.78 is 0. The molecule has 1 heterocycles. The number of amides is 2. The van der Waals surface area contributed by atoms with Crippen LogP contribution >= 0.6 is 23.4 Å². The second-order valence-electron chi connectivity index (χ2n) is 5.25. The average molecular weight is 375 g/mol. The van der Waals surface area contributed by atoms with Crippen molar-refractivity contribution < 1.29 is 14.5 Å². The Bertz CT molecular complexity index is 896. The van der Waals surface area contributed by atoms with Gasteiger partial charge >= 0.3 is 0 Å². The molecular weight excluding hydrogens is 364 g/mol. The molecule has 0 saturated carbocycles. The number of carbonyl (C=O) groups excluding carboxylic acids is 2. The highest BCUT2D eigenvalue weighted by Gasteiger charge is 2.35. The molecule has 0 N–H and O–H groups in total. The first-order valence-electron chi connectivity index (χ1n) is 7.18. The lowest BCUT2D eigenvalue weighted by molar-refractivity contribution is -0.384. The van der Waals surface area contributed by atoms with Crippen molar-refractivity contribution in [2.45, 2.75) is 6.54 Å². The molecule has 25 heavy (non-hydrogen) atoms. The van der Waals surface area contributed by atoms with Gasteiger partial charge in [-0.25, -0.2) is 0 Å². The Morgan fingerprint density at radius 2 is 1.88 bits per heavy atom. The fourth-order valence-corrected chi connectivity index (χ4v) is 3.33. The molecule has 8 heteroatoms. The normalized spacial score (nSPS) is 15.9. The van der Waals surface area contributed by atoms with E-state index >= 15 is 0 Å². The minimum Gasteiger partial charge on any atom is -0.268 e. The molecule has 0 aromatic heterocycles. The van der Waals surface area contributed by atoms with Crippen LogP contribution in [0.3, 0.4) is 0 Å². The first kappa shape index (κ1) is 17.2. The SMILES string of the molecule is O=C1S/C(=C/c2cccc(Cl)c2)C(=O)N1Cc1ccc([N+](=O)[O-])cc1. The molecule has 0 unspecified atom stereocenters. The highest BCUT2D eigenvalue weighted by molar-refractivity contribution is 8.18. The zero-order valence-corrected chi connectivity index (χ0v) is 14.3. The summed E-state index contributed by atoms with van der Waals surface area (Å²) in [5.41, 5.74) is 1.32. The maximum Gasteiger partial charge on any atom is 0.293 e. The molecule has 2 aromatic carbocycles. The van der Waals surface area contributed by atoms with Gasteiger partial charge in [-0.1, -0.05) is 35.9 Å². The Morgan fingerprint density at radius 1 is 1.16 bits per heavy atom. The number of nitro groups is 1. The topological polar surface area (TPSA) is 80.5 Å². The van der Waals surface area contributed by atoms with Crippen molar-refractivity contribution in [3.63, 3.8) is 0 Å². The summed E-state index contributed by atoms with van der Waals surface area (Å²) in [5.74, 6) is -0.395. The highest BCUT2D eigenvalue weighted by atomic mass is 35.5. The summed E-state index contributed by atoms with van der Waals surface area (Å²) in [6, 6.07) is 12.7. The maximum absolute atomic E-state index is 12.5. The van der Waals surface area contributed by atoms with E-state index in [1.165, 1.54) is 24.3 Å². The van der Waals surface area contributed by atoms with Gasteiger partial charge in [-0.2, -0.15) is 0 Å². The van der Waals surface area contributed by atoms with Crippen LogP contribution in [-0.4, -0.2) is 21.0 Å². The van der Waals surface area contributed by atoms with Crippen LogP contribution < -0.4 is 0 Å². The zero-order chi connectivity index (χ0) is 18.0. The van der Waals surface area contributed by atoms with E-state index in [0.717, 1.165) is 22.2 Å². The number of nitrogens with zero attached hydrogens (tertiary/aromatic N) is 2. The summed E-state index contributed by atoms with van der Waals surface area (Å²) in [6.07, 6.45) is 1.62. The molecule has 1 aliphatic heterocycles. The Morgan fingerprint density at radius 3 is 2.52 bits per heavy atom. The van der Waals surface area contributed by atoms with Gasteiger partial charge in [-0.15, -0.1) is 0 Å². The first-order chi connectivity index (χ1) is 11.9. The van der Waals surface area contributed by atoms with Gasteiger partial charge in [0, 0.05) is 17.2 Å². The average Bonchev–Trinajstić information content (AvgIpc) is 2.83. The Hall–Kier alpha value is -2.64. The van der Waals surface area contributed by atoms with Crippen LogP contribution in [0.5, 0.6) is 0 Å². The number of rotatable bonds is 4. The smallest absolute Gasteiger partial charge is 0.268 e. The van der Waals surface area contributed by atoms with Crippen LogP contribution in [0.25, 0.3) is 6.08 Å². The maximum atomic E-state index is 12.5. The van der Waals surface area contributed by atoms with Crippen LogP contribution in [0.4, 0.5) is 10.5 Å². The number of carbonyl (C=O) groups is 2. The lowest BCUT2D eigenvalue weighted by Crippen LogP contribution is -2.27. The molecule has 2 aromatic rings. The third-order valence-electron chi connectivity index (χ3n) is 3.51. The van der Waals surface area contributed by atoms with Gasteiger partial charge in [-0.3, -0.25) is 24.6 Å². The summed E-state index contributed by atoms with van der Waals surface area (Å²) in [7, 11) is 0. The van der Waals surface area contributed by atoms with Gasteiger partial charge in [-0.05, 0) is 41.1 Å². The Labute approximate surface area is 152 Å². The minimum absolute atomic E-state index is 0.0428. The van der Waals surface area contributed by atoms with Crippen molar-refractivity contribution in [1.82, 2.24) is 4.90 Å². The third kappa shape index (κ3) is 3.89. The van der Waals surface area contributed by atoms with Crippen molar-refractivity contribution in [3.05, 3.63) is 79.7 Å². The quantitative estimate of drug-likeness (QED) is 0.447. The fraction of sp³-hybridized carbons (Fsp3) is 0.0588. The lowest BCUT2D eigenvalue weighted by atomic mass is 10.2. The highest BCUT2D eigenvalue weighted by Crippen LogP contribution is 2.33. The van der Waals surface area contributed by atoms with Gasteiger partial charge in [0.05, 0.1) is 16.4 Å². The number of nitro benzene ring substituents is 1. The van der Waals surface area contributed by atoms with Crippen molar-refractivity contribution in [2.75, 3.05) is 0 Å². The van der Waals surface area contributed by atoms with E-state index in [1.54, 1.807) is 30.3 Å². The van der Waals surface area contributed by atoms with Gasteiger partial charge in [0.2, 0.25) is 0 Å². The molecule has 6 nitrogen and oxygen atoms in total. The van der Waals surface area contributed by atoms with Gasteiger partial charge in [0.15, 0.2) is 0 Å². The molecule has 0 atom stereocenters. The molecule has 0 bridgehead atoms. The molecule has 1 aliphatic rings. The number of halogens is 1. The van der Waals surface area contributed by atoms with Crippen molar-refractivity contribution in [1.29, 1.82) is 0 Å². The molecule has 0 aliphatic carbocycles. The van der Waals surface area contributed by atoms with Gasteiger partial charge in [0.1, 0.15) is 0 Å². The summed E-state index contributed by atoms with van der Waals surface area (Å²) >= 11 is 6.78. The number of non-ortho nitro benzene ring substituents is 1. The van der Waals surface area contributed by atoms with Gasteiger partial charge < -0.3 is 0 Å². The molecule has 0 radical (unpaired) electrons. The zero-order valence-electron chi connectivity index (χ0n) is 12.7. The molecule has 2 amide bonds. The standard InChI is InChI=1S/C17H11ClN2O4S/c18-13-3-1-2-12(8-13)9-15-16(21)19(17(22)25-15)10-11-4-6-14(7-5-11)20(23)24/h1-9H,10H2/b15-9+. The van der Waals surface area contributed by atoms with E-state index in [-0.39, 0.29) is 17.5 Å². The number of imide groups is 1. The first-order valence-corrected chi connectivity index (χ1v) is 8.38. The van der Waals surface area contributed by atoms with E-state index in [9.17, 15) is 19.7 Å². The van der Waals surface area contributed by atoms with Gasteiger partial charge in [0.25, 0.3) is 16.8 Å². The van der Waals surface area contributed by atoms with Crippen LogP contribution in [0.15, 0.2) is 53.4 Å². The summed E-state index contributed by atoms with van der Waals surface area (Å²) in [5, 5.41) is 10.8. The van der Waals surface area contributed by atoms with Crippen molar-refractivity contribution >= 4 is 46.3 Å². The van der Waals surface area contributed by atoms with E-state index in [2.05, 4.69) is 0 Å². The third-order valence-corrected chi connectivity index (χ3v) is 4.65. The Balaban J connectivity index is 1.78. The number of hydrogen-bond acceptors (Lipinski definition) is 5. The largest absolute Gasteiger partial charge is 0.293 e. The van der Waals surface area contributed by atoms with E-state index in [4.69, 9.17) is 11.6 Å². The lowest BCUT2D eigenvalue weighted by Gasteiger charge is -2.12. The number of thioether (sulfide) groups is 1. The second-order valence-corrected chi connectivity index (χ2v) is 6.68. The fourth-order valence-electron chi connectivity index (χ4n) is 2.29. The van der Waals surface area contributed by atoms with Crippen molar-refractivity contribution in [3.8, 4) is 0 Å². The number of benzene rings is 2. The molecule has 3 rings (SSSR count). The van der Waals surface area contributed by atoms with Crippen LogP contribution in [0.2, 0.25) is 5.02 Å². The predicted octanol–water partition coefficient (Wildman–Crippen LogP) is 4.48. The number of hydrogen-bond donors (Lipinski definition) is 0. The monoisotopic (exact) mass is 374 g/mol. The molecule has 1 saturated heterocycles. The molecule has 0 spiro atoms. The van der Waals surface area contributed by atoms with E-state index in [0.29, 0.717) is 15.5 Å². The molecular formula is C17H11ClN2O4S. The summed E-state index contributed by atoms with van der Waals surface area (Å²) in [6.45, 7) is 0.0650. The second kappa shape index (κ2) is 7.08.